The maximum atomic E-state index is 13.9. The highest BCUT2D eigenvalue weighted by molar-refractivity contribution is 7.79. The third kappa shape index (κ3) is 2.52. The molecule has 2 aromatic carbocycles. The van der Waals surface area contributed by atoms with Crippen molar-refractivity contribution < 1.29 is 17.7 Å². The summed E-state index contributed by atoms with van der Waals surface area (Å²) in [7, 11) is -3.51. The molecule has 0 aliphatic carbocycles. The molecule has 1 N–H and O–H groups in total. The molecule has 1 aliphatic heterocycles. The molecule has 3 rings (SSSR count). The van der Waals surface area contributed by atoms with Gasteiger partial charge in [-0.05, 0) is 6.42 Å². The van der Waals surface area contributed by atoms with E-state index in [9.17, 15) is 17.7 Å². The van der Waals surface area contributed by atoms with Gasteiger partial charge in [-0.1, -0.05) is 66.7 Å². The molecule has 0 spiro atoms. The number of halogens is 3. The van der Waals surface area contributed by atoms with Crippen molar-refractivity contribution in [3.05, 3.63) is 73.3 Å². The summed E-state index contributed by atoms with van der Waals surface area (Å²) < 4.78 is 54.9. The second kappa shape index (κ2) is 5.91. The van der Waals surface area contributed by atoms with Gasteiger partial charge in [0.25, 0.3) is 0 Å². The van der Waals surface area contributed by atoms with Crippen LogP contribution in [0.25, 0.3) is 0 Å². The van der Waals surface area contributed by atoms with E-state index in [4.69, 9.17) is 0 Å². The van der Waals surface area contributed by atoms with E-state index in [1.807, 2.05) is 0 Å². The van der Waals surface area contributed by atoms with Gasteiger partial charge in [-0.3, -0.25) is 5.32 Å². The van der Waals surface area contributed by atoms with Crippen molar-refractivity contribution in [2.24, 2.45) is 0 Å². The molecule has 0 saturated carbocycles. The highest BCUT2D eigenvalue weighted by Gasteiger charge is 2.75. The molecule has 0 bridgehead atoms. The highest BCUT2D eigenvalue weighted by Crippen LogP contribution is 2.63. The minimum atomic E-state index is -4.51. The van der Waals surface area contributed by atoms with E-state index in [0.717, 1.165) is 0 Å². The molecule has 0 amide bonds. The average molecular weight is 351 g/mol. The van der Waals surface area contributed by atoms with Gasteiger partial charge in [0.1, 0.15) is 5.54 Å². The molecule has 2 nitrogen and oxygen atoms in total. The fourth-order valence-corrected chi connectivity index (χ4v) is 6.51. The number of hydrogen-bond donors (Lipinski definition) is 1. The molecular formula is C18H17F3NOP. The fourth-order valence-electron chi connectivity index (χ4n) is 3.10. The molecule has 2 aromatic rings. The Morgan fingerprint density at radius 2 is 1.50 bits per heavy atom. The molecule has 1 aliphatic rings. The van der Waals surface area contributed by atoms with Crippen LogP contribution in [0.1, 0.15) is 6.42 Å². The van der Waals surface area contributed by atoms with Crippen molar-refractivity contribution in [1.29, 1.82) is 0 Å². The van der Waals surface area contributed by atoms with E-state index in [0.29, 0.717) is 10.6 Å². The first-order chi connectivity index (χ1) is 11.4. The molecule has 0 aromatic heterocycles. The molecule has 0 unspecified atom stereocenters. The molecule has 0 radical (unpaired) electrons. The van der Waals surface area contributed by atoms with E-state index in [2.05, 4.69) is 11.9 Å². The van der Waals surface area contributed by atoms with E-state index in [-0.39, 0.29) is 6.42 Å². The number of alkyl halides is 3. The zero-order valence-corrected chi connectivity index (χ0v) is 13.7. The molecular weight excluding hydrogens is 334 g/mol. The lowest BCUT2D eigenvalue weighted by Gasteiger charge is -2.23. The summed E-state index contributed by atoms with van der Waals surface area (Å²) in [5, 5.41) is 3.34. The summed E-state index contributed by atoms with van der Waals surface area (Å²) in [5.74, 6) is -1.19. The van der Waals surface area contributed by atoms with Crippen LogP contribution < -0.4 is 15.9 Å². The predicted octanol–water partition coefficient (Wildman–Crippen LogP) is 3.81. The van der Waals surface area contributed by atoms with Crippen molar-refractivity contribution in [3.63, 3.8) is 0 Å². The van der Waals surface area contributed by atoms with Crippen LogP contribution in [-0.2, 0) is 4.57 Å². The second-order valence-electron chi connectivity index (χ2n) is 5.84. The van der Waals surface area contributed by atoms with Crippen molar-refractivity contribution in [2.45, 2.75) is 23.9 Å². The minimum absolute atomic E-state index is 0.315. The number of rotatable bonds is 5. The average Bonchev–Trinajstić information content (AvgIpc) is 3.32. The summed E-state index contributed by atoms with van der Waals surface area (Å²) in [4.78, 5) is 0. The summed E-state index contributed by atoms with van der Waals surface area (Å²) in [5.41, 5.74) is -2.18. The first-order valence-corrected chi connectivity index (χ1v) is 9.30. The fraction of sp³-hybridized carbons (Fsp3) is 0.222. The van der Waals surface area contributed by atoms with Gasteiger partial charge in [-0.15, -0.1) is 6.58 Å². The second-order valence-corrected chi connectivity index (χ2v) is 8.70. The van der Waals surface area contributed by atoms with Crippen molar-refractivity contribution >= 4 is 17.8 Å². The first-order valence-electron chi connectivity index (χ1n) is 7.52. The number of benzene rings is 2. The van der Waals surface area contributed by atoms with Crippen LogP contribution in [0.2, 0.25) is 0 Å². The summed E-state index contributed by atoms with van der Waals surface area (Å²) >= 11 is 0. The Hall–Kier alpha value is -1.84. The zero-order valence-electron chi connectivity index (χ0n) is 12.8. The van der Waals surface area contributed by atoms with E-state index < -0.39 is 24.6 Å². The highest BCUT2D eigenvalue weighted by atomic mass is 31.2. The SMILES string of the molecule is C=CC[C@]1(C(F)(F)F)N[C@H]1P(=O)(c1ccccc1)c1ccccc1. The smallest absolute Gasteiger partial charge is 0.312 e. The Morgan fingerprint density at radius 1 is 1.04 bits per heavy atom. The monoisotopic (exact) mass is 351 g/mol. The molecule has 2 atom stereocenters. The minimum Gasteiger partial charge on any atom is -0.312 e. The van der Waals surface area contributed by atoms with Crippen LogP contribution in [0, 0.1) is 0 Å². The lowest BCUT2D eigenvalue weighted by molar-refractivity contribution is -0.159. The van der Waals surface area contributed by atoms with Crippen LogP contribution in [0.5, 0.6) is 0 Å². The third-order valence-electron chi connectivity index (χ3n) is 4.39. The maximum Gasteiger partial charge on any atom is 0.408 e. The lowest BCUT2D eigenvalue weighted by Crippen LogP contribution is -2.38. The van der Waals surface area contributed by atoms with Gasteiger partial charge < -0.3 is 4.57 Å². The molecule has 126 valence electrons. The summed E-state index contributed by atoms with van der Waals surface area (Å²) in [6.45, 7) is 3.43. The van der Waals surface area contributed by atoms with Crippen molar-refractivity contribution in [1.82, 2.24) is 5.32 Å². The normalized spacial score (nSPS) is 23.7. The van der Waals surface area contributed by atoms with Gasteiger partial charge in [0, 0.05) is 10.6 Å². The summed E-state index contributed by atoms with van der Waals surface area (Å²) in [6, 6.07) is 16.8. The van der Waals surface area contributed by atoms with Crippen molar-refractivity contribution in [2.75, 3.05) is 0 Å². The quantitative estimate of drug-likeness (QED) is 0.505. The largest absolute Gasteiger partial charge is 0.408 e. The zero-order chi connectivity index (χ0) is 17.4. The predicted molar refractivity (Wildman–Crippen MR) is 90.3 cm³/mol. The Morgan fingerprint density at radius 3 is 1.88 bits per heavy atom. The Kier molecular flexibility index (Phi) is 4.18. The summed E-state index contributed by atoms with van der Waals surface area (Å²) in [6.07, 6.45) is -3.60. The van der Waals surface area contributed by atoms with Crippen LogP contribution in [0.15, 0.2) is 73.3 Å². The molecule has 1 fully saturated rings. The third-order valence-corrected chi connectivity index (χ3v) is 7.82. The van der Waals surface area contributed by atoms with Crippen LogP contribution in [0.3, 0.4) is 0 Å². The van der Waals surface area contributed by atoms with E-state index >= 15 is 0 Å². The van der Waals surface area contributed by atoms with E-state index in [1.165, 1.54) is 6.08 Å². The van der Waals surface area contributed by atoms with Gasteiger partial charge in [-0.2, -0.15) is 13.2 Å². The Balaban J connectivity index is 2.15. The molecule has 1 heterocycles. The van der Waals surface area contributed by atoms with Gasteiger partial charge >= 0.3 is 6.18 Å². The lowest BCUT2D eigenvalue weighted by atomic mass is 10.1. The number of nitrogens with one attached hydrogen (secondary N) is 1. The van der Waals surface area contributed by atoms with Crippen molar-refractivity contribution in [3.8, 4) is 0 Å². The van der Waals surface area contributed by atoms with Gasteiger partial charge in [0.2, 0.25) is 0 Å². The van der Waals surface area contributed by atoms with Gasteiger partial charge in [0.05, 0.1) is 5.78 Å². The molecule has 24 heavy (non-hydrogen) atoms. The van der Waals surface area contributed by atoms with Gasteiger partial charge in [-0.25, -0.2) is 0 Å². The Bertz CT molecular complexity index is 732. The standard InChI is InChI=1S/C18H17F3NOP/c1-2-13-17(18(19,20)21)16(22-17)24(23,14-9-5-3-6-10-14)15-11-7-4-8-12-15/h2-12,16,22H,1,13H2/t16-,17-/m0/s1. The maximum absolute atomic E-state index is 13.9. The topological polar surface area (TPSA) is 39.0 Å². The number of hydrogen-bond acceptors (Lipinski definition) is 2. The van der Waals surface area contributed by atoms with Crippen LogP contribution in [0.4, 0.5) is 13.2 Å². The van der Waals surface area contributed by atoms with Crippen LogP contribution >= 0.6 is 7.14 Å². The van der Waals surface area contributed by atoms with Gasteiger partial charge in [0.15, 0.2) is 7.14 Å². The Labute approximate surface area is 138 Å². The first kappa shape index (κ1) is 17.0. The van der Waals surface area contributed by atoms with E-state index in [1.54, 1.807) is 60.7 Å². The molecule has 6 heteroatoms. The van der Waals surface area contributed by atoms with Crippen LogP contribution in [-0.4, -0.2) is 17.5 Å². The molecule has 1 saturated heterocycles.